The molecule has 0 amide bonds. The van der Waals surface area contributed by atoms with Gasteiger partial charge >= 0.3 is 5.97 Å². The number of halogens is 1. The minimum absolute atomic E-state index is 0.0143. The molecule has 0 aromatic heterocycles. The minimum atomic E-state index is -0.780. The lowest BCUT2D eigenvalue weighted by molar-refractivity contribution is -0.195. The Morgan fingerprint density at radius 1 is 1.39 bits per heavy atom. The van der Waals surface area contributed by atoms with Gasteiger partial charge in [0.05, 0.1) is 22.6 Å². The van der Waals surface area contributed by atoms with E-state index in [1.807, 2.05) is 45.9 Å². The normalized spacial score (nSPS) is 31.9. The van der Waals surface area contributed by atoms with Gasteiger partial charge in [0.2, 0.25) is 0 Å². The summed E-state index contributed by atoms with van der Waals surface area (Å²) in [5, 5.41) is 9.63. The molecule has 0 unspecified atom stereocenters. The Bertz CT molecular complexity index is 625. The molecule has 1 aromatic carbocycles. The Kier molecular flexibility index (Phi) is 4.21. The second kappa shape index (κ2) is 5.78. The summed E-state index contributed by atoms with van der Waals surface area (Å²) in [4.78, 5) is 11.7. The van der Waals surface area contributed by atoms with Gasteiger partial charge in [-0.25, -0.2) is 0 Å². The second-order valence-electron chi connectivity index (χ2n) is 7.42. The maximum absolute atomic E-state index is 11.7. The molecule has 1 fully saturated rings. The van der Waals surface area contributed by atoms with Crippen LogP contribution in [0, 0.1) is 17.8 Å². The Morgan fingerprint density at radius 3 is 2.70 bits per heavy atom. The topological polar surface area (TPSA) is 55.8 Å². The first-order valence-electron chi connectivity index (χ1n) is 8.08. The van der Waals surface area contributed by atoms with Gasteiger partial charge in [-0.3, -0.25) is 4.79 Å². The van der Waals surface area contributed by atoms with Crippen molar-refractivity contribution in [2.75, 3.05) is 0 Å². The second-order valence-corrected chi connectivity index (χ2v) is 8.27. The fourth-order valence-electron chi connectivity index (χ4n) is 3.89. The molecule has 126 valence electrons. The van der Waals surface area contributed by atoms with Crippen molar-refractivity contribution in [3.63, 3.8) is 0 Å². The number of hydrogen-bond donors (Lipinski definition) is 1. The lowest BCUT2D eigenvalue weighted by atomic mass is 9.70. The van der Waals surface area contributed by atoms with Gasteiger partial charge in [0, 0.05) is 11.5 Å². The van der Waals surface area contributed by atoms with E-state index in [-0.39, 0.29) is 24.0 Å². The number of carboxylic acids is 1. The third-order valence-electron chi connectivity index (χ3n) is 5.11. The predicted octanol–water partition coefficient (Wildman–Crippen LogP) is 4.42. The highest BCUT2D eigenvalue weighted by Gasteiger charge is 2.52. The van der Waals surface area contributed by atoms with Gasteiger partial charge in [-0.2, -0.15) is 0 Å². The van der Waals surface area contributed by atoms with Crippen LogP contribution >= 0.6 is 15.9 Å². The van der Waals surface area contributed by atoms with E-state index in [0.717, 1.165) is 15.8 Å². The van der Waals surface area contributed by atoms with E-state index in [9.17, 15) is 9.90 Å². The van der Waals surface area contributed by atoms with Crippen LogP contribution in [0.1, 0.15) is 45.8 Å². The van der Waals surface area contributed by atoms with Crippen molar-refractivity contribution in [3.8, 4) is 5.75 Å². The van der Waals surface area contributed by atoms with Crippen LogP contribution in [-0.4, -0.2) is 22.8 Å². The summed E-state index contributed by atoms with van der Waals surface area (Å²) in [6.45, 7) is 8.08. The first-order valence-corrected chi connectivity index (χ1v) is 8.87. The van der Waals surface area contributed by atoms with E-state index in [1.165, 1.54) is 0 Å². The monoisotopic (exact) mass is 382 g/mol. The average molecular weight is 383 g/mol. The molecule has 5 heteroatoms. The molecule has 2 aliphatic heterocycles. The molecule has 0 saturated carbocycles. The van der Waals surface area contributed by atoms with Crippen LogP contribution in [0.4, 0.5) is 0 Å². The minimum Gasteiger partial charge on any atom is -0.486 e. The first kappa shape index (κ1) is 16.8. The van der Waals surface area contributed by atoms with Crippen LogP contribution < -0.4 is 4.74 Å². The van der Waals surface area contributed by atoms with E-state index in [1.54, 1.807) is 0 Å². The van der Waals surface area contributed by atoms with Crippen LogP contribution in [0.3, 0.4) is 0 Å². The van der Waals surface area contributed by atoms with Crippen molar-refractivity contribution < 1.29 is 19.4 Å². The summed E-state index contributed by atoms with van der Waals surface area (Å²) in [6, 6.07) is 5.95. The third kappa shape index (κ3) is 2.78. The molecule has 2 aliphatic rings. The first-order chi connectivity index (χ1) is 10.7. The molecule has 1 aromatic rings. The van der Waals surface area contributed by atoms with Crippen LogP contribution in [0.2, 0.25) is 0 Å². The molecule has 23 heavy (non-hydrogen) atoms. The van der Waals surface area contributed by atoms with E-state index < -0.39 is 17.5 Å². The zero-order chi connectivity index (χ0) is 16.9. The Morgan fingerprint density at radius 2 is 2.09 bits per heavy atom. The highest BCUT2D eigenvalue weighted by molar-refractivity contribution is 9.10. The smallest absolute Gasteiger partial charge is 0.309 e. The zero-order valence-corrected chi connectivity index (χ0v) is 15.5. The van der Waals surface area contributed by atoms with Crippen LogP contribution in [0.5, 0.6) is 5.75 Å². The van der Waals surface area contributed by atoms with Gasteiger partial charge in [0.15, 0.2) is 0 Å². The molecule has 4 atom stereocenters. The van der Waals surface area contributed by atoms with E-state index in [2.05, 4.69) is 15.9 Å². The lowest BCUT2D eigenvalue weighted by Crippen LogP contribution is -2.53. The Hall–Kier alpha value is -1.07. The molecule has 4 nitrogen and oxygen atoms in total. The molecule has 1 N–H and O–H groups in total. The SMILES string of the molecule is CC(C)[C@H]1O[C@H]2c3cccc(Br)c3OC(C)(C)[C@@H]2C[C@@H]1C(=O)O. The highest BCUT2D eigenvalue weighted by Crippen LogP contribution is 2.54. The fraction of sp³-hybridized carbons (Fsp3) is 0.611. The number of fused-ring (bicyclic) bond motifs is 3. The number of ether oxygens (including phenoxy) is 2. The summed E-state index contributed by atoms with van der Waals surface area (Å²) in [6.07, 6.45) is 0.158. The summed E-state index contributed by atoms with van der Waals surface area (Å²) < 4.78 is 13.5. The van der Waals surface area contributed by atoms with Crippen LogP contribution in [0.25, 0.3) is 0 Å². The van der Waals surface area contributed by atoms with Crippen molar-refractivity contribution in [1.29, 1.82) is 0 Å². The maximum Gasteiger partial charge on any atom is 0.309 e. The molecule has 0 radical (unpaired) electrons. The van der Waals surface area contributed by atoms with Crippen LogP contribution in [0.15, 0.2) is 22.7 Å². The van der Waals surface area contributed by atoms with Gasteiger partial charge < -0.3 is 14.6 Å². The maximum atomic E-state index is 11.7. The summed E-state index contributed by atoms with van der Waals surface area (Å²) in [5.41, 5.74) is 0.537. The Labute approximate surface area is 145 Å². The molecular weight excluding hydrogens is 360 g/mol. The zero-order valence-electron chi connectivity index (χ0n) is 13.9. The van der Waals surface area contributed by atoms with Crippen molar-refractivity contribution >= 4 is 21.9 Å². The number of aliphatic carboxylic acids is 1. The van der Waals surface area contributed by atoms with Gasteiger partial charge in [0.25, 0.3) is 0 Å². The molecule has 3 rings (SSSR count). The quantitative estimate of drug-likeness (QED) is 0.821. The van der Waals surface area contributed by atoms with Crippen molar-refractivity contribution in [2.24, 2.45) is 17.8 Å². The van der Waals surface area contributed by atoms with Gasteiger partial charge in [-0.15, -0.1) is 0 Å². The highest BCUT2D eigenvalue weighted by atomic mass is 79.9. The molecule has 0 bridgehead atoms. The number of rotatable bonds is 2. The molecule has 0 aliphatic carbocycles. The molecule has 2 heterocycles. The Balaban J connectivity index is 2.06. The largest absolute Gasteiger partial charge is 0.486 e. The van der Waals surface area contributed by atoms with E-state index in [4.69, 9.17) is 9.47 Å². The van der Waals surface area contributed by atoms with Gasteiger partial charge in [0.1, 0.15) is 11.4 Å². The number of hydrogen-bond acceptors (Lipinski definition) is 3. The number of carbonyl (C=O) groups is 1. The molecule has 0 spiro atoms. The summed E-state index contributed by atoms with van der Waals surface area (Å²) in [7, 11) is 0. The van der Waals surface area contributed by atoms with Crippen molar-refractivity contribution in [1.82, 2.24) is 0 Å². The summed E-state index contributed by atoms with van der Waals surface area (Å²) in [5.74, 6) is -0.292. The van der Waals surface area contributed by atoms with E-state index >= 15 is 0 Å². The van der Waals surface area contributed by atoms with E-state index in [0.29, 0.717) is 6.42 Å². The summed E-state index contributed by atoms with van der Waals surface area (Å²) >= 11 is 3.55. The van der Waals surface area contributed by atoms with Crippen LogP contribution in [-0.2, 0) is 9.53 Å². The van der Waals surface area contributed by atoms with Gasteiger partial charge in [-0.05, 0) is 48.2 Å². The molecular formula is C18H23BrO4. The lowest BCUT2D eigenvalue weighted by Gasteiger charge is -2.51. The van der Waals surface area contributed by atoms with Gasteiger partial charge in [-0.1, -0.05) is 26.0 Å². The van der Waals surface area contributed by atoms with Crippen molar-refractivity contribution in [3.05, 3.63) is 28.2 Å². The van der Waals surface area contributed by atoms with Crippen molar-refractivity contribution in [2.45, 2.75) is 51.9 Å². The standard InChI is InChI=1S/C18H23BrO4/c1-9(2)14-11(17(20)21)8-12-15(22-14)10-6-5-7-13(19)16(10)23-18(12,3)4/h5-7,9,11-12,14-15H,8H2,1-4H3,(H,20,21)/t11-,12+,14+,15-/m0/s1. The number of carboxylic acid groups (broad SMARTS) is 1. The average Bonchev–Trinajstić information content (AvgIpc) is 2.47. The number of benzene rings is 1. The molecule has 1 saturated heterocycles. The predicted molar refractivity (Wildman–Crippen MR) is 90.5 cm³/mol. The third-order valence-corrected chi connectivity index (χ3v) is 5.73. The number of para-hydroxylation sites is 1. The fourth-order valence-corrected chi connectivity index (χ4v) is 4.35.